The van der Waals surface area contributed by atoms with Gasteiger partial charge in [0.25, 0.3) is 0 Å². The molecule has 1 amide bonds. The summed E-state index contributed by atoms with van der Waals surface area (Å²) in [5.74, 6) is 1.63. The van der Waals surface area contributed by atoms with Crippen LogP contribution >= 0.6 is 0 Å². The number of carbonyl (C=O) groups is 1. The molecule has 1 aliphatic carbocycles. The second kappa shape index (κ2) is 8.58. The average Bonchev–Trinajstić information content (AvgIpc) is 2.59. The van der Waals surface area contributed by atoms with E-state index in [2.05, 4.69) is 22.2 Å². The third-order valence-electron chi connectivity index (χ3n) is 4.18. The summed E-state index contributed by atoms with van der Waals surface area (Å²) in [6, 6.07) is 8.90. The van der Waals surface area contributed by atoms with Gasteiger partial charge < -0.3 is 9.47 Å². The van der Waals surface area contributed by atoms with Crippen molar-refractivity contribution in [3.05, 3.63) is 48.5 Å². The van der Waals surface area contributed by atoms with Gasteiger partial charge in [-0.25, -0.2) is 14.8 Å². The Morgan fingerprint density at radius 1 is 1.20 bits per heavy atom. The molecule has 1 aromatic carbocycles. The first-order valence-electron chi connectivity index (χ1n) is 8.72. The highest BCUT2D eigenvalue weighted by Crippen LogP contribution is 2.37. The minimum absolute atomic E-state index is 0.332. The summed E-state index contributed by atoms with van der Waals surface area (Å²) in [6.45, 7) is 2.99. The van der Waals surface area contributed by atoms with E-state index in [4.69, 9.17) is 9.47 Å². The van der Waals surface area contributed by atoms with E-state index in [1.165, 1.54) is 0 Å². The number of hydrogen-bond acceptors (Lipinski definition) is 5. The van der Waals surface area contributed by atoms with Crippen LogP contribution in [-0.4, -0.2) is 28.8 Å². The number of hydrogen-bond donors (Lipinski definition) is 1. The second-order valence-corrected chi connectivity index (χ2v) is 6.17. The maximum Gasteiger partial charge on any atom is 0.417 e. The van der Waals surface area contributed by atoms with Gasteiger partial charge in [-0.2, -0.15) is 0 Å². The molecule has 2 aromatic rings. The van der Waals surface area contributed by atoms with Crippen molar-refractivity contribution in [2.75, 3.05) is 11.9 Å². The Bertz CT molecular complexity index is 670. The Morgan fingerprint density at radius 2 is 1.92 bits per heavy atom. The highest BCUT2D eigenvalue weighted by atomic mass is 16.6. The lowest BCUT2D eigenvalue weighted by Crippen LogP contribution is -2.31. The average molecular weight is 341 g/mol. The number of anilines is 1. The Morgan fingerprint density at radius 3 is 2.60 bits per heavy atom. The van der Waals surface area contributed by atoms with Crippen molar-refractivity contribution in [1.29, 1.82) is 0 Å². The molecule has 1 heterocycles. The number of aromatic nitrogens is 2. The molecule has 1 fully saturated rings. The Hall–Kier alpha value is -2.47. The summed E-state index contributed by atoms with van der Waals surface area (Å²) in [5, 5.41) is 2.62. The molecule has 1 aromatic heterocycles. The van der Waals surface area contributed by atoms with Crippen LogP contribution in [0.4, 0.5) is 10.5 Å². The van der Waals surface area contributed by atoms with Gasteiger partial charge in [0.05, 0.1) is 24.2 Å². The lowest BCUT2D eigenvalue weighted by Gasteiger charge is -2.34. The molecule has 0 unspecified atom stereocenters. The largest absolute Gasteiger partial charge is 0.417 e. The van der Waals surface area contributed by atoms with Crippen LogP contribution in [0.15, 0.2) is 42.7 Å². The molecular weight excluding hydrogens is 318 g/mol. The molecule has 0 spiro atoms. The maximum absolute atomic E-state index is 11.8. The van der Waals surface area contributed by atoms with Crippen LogP contribution in [0.25, 0.3) is 0 Å². The van der Waals surface area contributed by atoms with Gasteiger partial charge in [-0.3, -0.25) is 5.32 Å². The van der Waals surface area contributed by atoms with E-state index < -0.39 is 6.09 Å². The minimum Gasteiger partial charge on any atom is -0.410 e. The van der Waals surface area contributed by atoms with Crippen molar-refractivity contribution in [2.45, 2.75) is 44.6 Å². The van der Waals surface area contributed by atoms with E-state index in [0.717, 1.165) is 38.1 Å². The van der Waals surface area contributed by atoms with Crippen LogP contribution in [0.5, 0.6) is 5.75 Å². The van der Waals surface area contributed by atoms with Gasteiger partial charge in [0.2, 0.25) is 0 Å². The number of nitrogens with zero attached hydrogens (tertiary/aromatic N) is 2. The number of unbranched alkanes of at least 4 members (excludes halogenated alkanes) is 1. The molecule has 1 aliphatic rings. The van der Waals surface area contributed by atoms with Crippen molar-refractivity contribution in [3.63, 3.8) is 0 Å². The Kier molecular flexibility index (Phi) is 5.95. The Labute approximate surface area is 147 Å². The number of benzene rings is 1. The van der Waals surface area contributed by atoms with Gasteiger partial charge in [0, 0.05) is 12.5 Å². The first-order valence-corrected chi connectivity index (χ1v) is 8.72. The zero-order valence-corrected chi connectivity index (χ0v) is 14.4. The van der Waals surface area contributed by atoms with E-state index in [1.807, 2.05) is 6.07 Å². The first kappa shape index (κ1) is 17.4. The summed E-state index contributed by atoms with van der Waals surface area (Å²) in [5.41, 5.74) is 0.514. The lowest BCUT2D eigenvalue weighted by atomic mass is 9.81. The fourth-order valence-corrected chi connectivity index (χ4v) is 2.66. The molecule has 1 N–H and O–H groups in total. The van der Waals surface area contributed by atoms with Gasteiger partial charge in [0.15, 0.2) is 0 Å². The molecule has 0 saturated heterocycles. The normalized spacial score (nSPS) is 19.1. The van der Waals surface area contributed by atoms with Crippen LogP contribution in [0, 0.1) is 0 Å². The van der Waals surface area contributed by atoms with Crippen molar-refractivity contribution < 1.29 is 14.3 Å². The fraction of sp³-hybridized carbons (Fsp3) is 0.421. The maximum atomic E-state index is 11.8. The molecule has 1 saturated carbocycles. The van der Waals surface area contributed by atoms with Crippen LogP contribution < -0.4 is 10.1 Å². The molecule has 25 heavy (non-hydrogen) atoms. The number of amides is 1. The van der Waals surface area contributed by atoms with Crippen LogP contribution in [0.3, 0.4) is 0 Å². The number of para-hydroxylation sites is 1. The standard InChI is InChI=1S/C19H23N3O3/c1-2-3-9-24-17-10-14(11-17)18-20-12-15(13-21-18)22-19(23)25-16-7-5-4-6-8-16/h4-8,12-14,17H,2-3,9-11H2,1H3,(H,22,23). The Balaban J connectivity index is 1.44. The quantitative estimate of drug-likeness (QED) is 0.766. The van der Waals surface area contributed by atoms with E-state index >= 15 is 0 Å². The summed E-state index contributed by atoms with van der Waals surface area (Å²) in [7, 11) is 0. The predicted molar refractivity (Wildman–Crippen MR) is 94.7 cm³/mol. The van der Waals surface area contributed by atoms with E-state index in [1.54, 1.807) is 36.7 Å². The number of nitrogens with one attached hydrogen (secondary N) is 1. The summed E-state index contributed by atoms with van der Waals surface area (Å²) in [4.78, 5) is 20.5. The van der Waals surface area contributed by atoms with Crippen molar-refractivity contribution in [3.8, 4) is 5.75 Å². The third-order valence-corrected chi connectivity index (χ3v) is 4.18. The summed E-state index contributed by atoms with van der Waals surface area (Å²) in [6.07, 6.45) is 7.19. The van der Waals surface area contributed by atoms with Crippen LogP contribution in [0.2, 0.25) is 0 Å². The number of rotatable bonds is 7. The zero-order valence-electron chi connectivity index (χ0n) is 14.4. The molecular formula is C19H23N3O3. The SMILES string of the molecule is CCCCOC1CC(c2ncc(NC(=O)Oc3ccccc3)cn2)C1. The van der Waals surface area contributed by atoms with Crippen molar-refractivity contribution in [2.24, 2.45) is 0 Å². The topological polar surface area (TPSA) is 73.3 Å². The molecule has 6 nitrogen and oxygen atoms in total. The molecule has 0 atom stereocenters. The first-order chi connectivity index (χ1) is 12.2. The molecule has 0 bridgehead atoms. The van der Waals surface area contributed by atoms with Gasteiger partial charge >= 0.3 is 6.09 Å². The van der Waals surface area contributed by atoms with E-state index in [-0.39, 0.29) is 0 Å². The monoisotopic (exact) mass is 341 g/mol. The van der Waals surface area contributed by atoms with Gasteiger partial charge in [0.1, 0.15) is 11.6 Å². The fourth-order valence-electron chi connectivity index (χ4n) is 2.66. The third kappa shape index (κ3) is 5.00. The van der Waals surface area contributed by atoms with Gasteiger partial charge in [-0.05, 0) is 31.4 Å². The number of carbonyl (C=O) groups excluding carboxylic acids is 1. The highest BCUT2D eigenvalue weighted by molar-refractivity contribution is 5.85. The lowest BCUT2D eigenvalue weighted by molar-refractivity contribution is -0.0129. The smallest absolute Gasteiger partial charge is 0.410 e. The predicted octanol–water partition coefficient (Wildman–Crippen LogP) is 4.15. The van der Waals surface area contributed by atoms with E-state index in [0.29, 0.717) is 23.5 Å². The molecule has 132 valence electrons. The van der Waals surface area contributed by atoms with Crippen LogP contribution in [0.1, 0.15) is 44.3 Å². The number of ether oxygens (including phenoxy) is 2. The molecule has 0 radical (unpaired) electrons. The van der Waals surface area contributed by atoms with Gasteiger partial charge in [-0.15, -0.1) is 0 Å². The van der Waals surface area contributed by atoms with Gasteiger partial charge in [-0.1, -0.05) is 31.5 Å². The molecule has 0 aliphatic heterocycles. The molecule has 3 rings (SSSR count). The highest BCUT2D eigenvalue weighted by Gasteiger charge is 2.32. The van der Waals surface area contributed by atoms with Crippen molar-refractivity contribution >= 4 is 11.8 Å². The summed E-state index contributed by atoms with van der Waals surface area (Å²) < 4.78 is 10.9. The summed E-state index contributed by atoms with van der Waals surface area (Å²) >= 11 is 0. The van der Waals surface area contributed by atoms with Crippen molar-refractivity contribution in [1.82, 2.24) is 9.97 Å². The zero-order chi connectivity index (χ0) is 17.5. The molecule has 6 heteroatoms. The van der Waals surface area contributed by atoms with E-state index in [9.17, 15) is 4.79 Å². The second-order valence-electron chi connectivity index (χ2n) is 6.17. The minimum atomic E-state index is -0.560. The van der Waals surface area contributed by atoms with Crippen LogP contribution in [-0.2, 0) is 4.74 Å².